The van der Waals surface area contributed by atoms with Crippen molar-refractivity contribution in [2.75, 3.05) is 17.2 Å². The average Bonchev–Trinajstić information content (AvgIpc) is 3.07. The Morgan fingerprint density at radius 1 is 0.914 bits per heavy atom. The van der Waals surface area contributed by atoms with Gasteiger partial charge in [0.1, 0.15) is 5.75 Å². The first-order chi connectivity index (χ1) is 16.8. The molecular weight excluding hydrogens is 446 g/mol. The second-order valence-electron chi connectivity index (χ2n) is 8.17. The summed E-state index contributed by atoms with van der Waals surface area (Å²) in [4.78, 5) is 51.3. The summed E-state index contributed by atoms with van der Waals surface area (Å²) in [7, 11) is 0. The number of hydrogen-bond acceptors (Lipinski definition) is 5. The van der Waals surface area contributed by atoms with Crippen LogP contribution in [0, 0.1) is 6.92 Å². The number of carbonyl (C=O) groups is 4. The van der Waals surface area contributed by atoms with Gasteiger partial charge in [0.25, 0.3) is 17.7 Å². The van der Waals surface area contributed by atoms with E-state index >= 15 is 0 Å². The van der Waals surface area contributed by atoms with E-state index in [-0.39, 0.29) is 29.8 Å². The number of imide groups is 1. The molecule has 0 bridgehead atoms. The number of benzene rings is 3. The monoisotopic (exact) mass is 471 g/mol. The van der Waals surface area contributed by atoms with Crippen molar-refractivity contribution in [1.29, 1.82) is 0 Å². The fraction of sp³-hybridized carbons (Fsp3) is 0.185. The van der Waals surface area contributed by atoms with Crippen molar-refractivity contribution < 1.29 is 23.9 Å². The number of rotatable bonds is 7. The maximum absolute atomic E-state index is 13.2. The van der Waals surface area contributed by atoms with E-state index in [2.05, 4.69) is 10.6 Å². The number of hydrogen-bond donors (Lipinski definition) is 2. The van der Waals surface area contributed by atoms with Gasteiger partial charge in [0.05, 0.1) is 29.8 Å². The van der Waals surface area contributed by atoms with E-state index in [1.165, 1.54) is 11.8 Å². The van der Waals surface area contributed by atoms with Crippen molar-refractivity contribution in [3.8, 4) is 5.75 Å². The van der Waals surface area contributed by atoms with Crippen molar-refractivity contribution in [1.82, 2.24) is 4.90 Å². The first-order valence-corrected chi connectivity index (χ1v) is 11.2. The van der Waals surface area contributed by atoms with Gasteiger partial charge in [-0.3, -0.25) is 24.1 Å². The molecule has 0 saturated carbocycles. The molecule has 3 aromatic carbocycles. The Balaban J connectivity index is 1.59. The molecule has 178 valence electrons. The Bertz CT molecular complexity index is 1310. The van der Waals surface area contributed by atoms with E-state index in [9.17, 15) is 19.2 Å². The Morgan fingerprint density at radius 2 is 1.60 bits per heavy atom. The Labute approximate surface area is 202 Å². The van der Waals surface area contributed by atoms with Crippen molar-refractivity contribution in [2.45, 2.75) is 27.3 Å². The Morgan fingerprint density at radius 3 is 2.23 bits per heavy atom. The van der Waals surface area contributed by atoms with Gasteiger partial charge < -0.3 is 15.4 Å². The maximum atomic E-state index is 13.2. The maximum Gasteiger partial charge on any atom is 0.261 e. The first kappa shape index (κ1) is 23.7. The minimum absolute atomic E-state index is 0.0241. The van der Waals surface area contributed by atoms with Gasteiger partial charge in [-0.1, -0.05) is 24.3 Å². The molecular formula is C27H25N3O5. The van der Waals surface area contributed by atoms with Crippen molar-refractivity contribution in [2.24, 2.45) is 0 Å². The number of ether oxygens (including phenoxy) is 1. The molecule has 8 nitrogen and oxygen atoms in total. The summed E-state index contributed by atoms with van der Waals surface area (Å²) in [6.07, 6.45) is 0. The topological polar surface area (TPSA) is 105 Å². The van der Waals surface area contributed by atoms with E-state index in [4.69, 9.17) is 4.74 Å². The Hall–Kier alpha value is -4.46. The lowest BCUT2D eigenvalue weighted by molar-refractivity contribution is -0.114. The minimum Gasteiger partial charge on any atom is -0.493 e. The zero-order valence-electron chi connectivity index (χ0n) is 19.7. The highest BCUT2D eigenvalue weighted by Gasteiger charge is 2.35. The normalized spacial score (nSPS) is 12.4. The quantitative estimate of drug-likeness (QED) is 0.497. The number of aryl methyl sites for hydroxylation is 1. The molecule has 0 atom stereocenters. The lowest BCUT2D eigenvalue weighted by Crippen LogP contribution is -2.29. The van der Waals surface area contributed by atoms with Crippen LogP contribution in [-0.4, -0.2) is 35.1 Å². The summed E-state index contributed by atoms with van der Waals surface area (Å²) in [5, 5.41) is 5.57. The summed E-state index contributed by atoms with van der Waals surface area (Å²) in [6.45, 7) is 5.46. The number of anilines is 2. The third-order valence-electron chi connectivity index (χ3n) is 5.61. The number of nitrogens with zero attached hydrogens (tertiary/aromatic N) is 1. The summed E-state index contributed by atoms with van der Waals surface area (Å²) < 4.78 is 5.64. The summed E-state index contributed by atoms with van der Waals surface area (Å²) in [5.41, 5.74) is 3.57. The fourth-order valence-corrected chi connectivity index (χ4v) is 3.92. The molecule has 35 heavy (non-hydrogen) atoms. The van der Waals surface area contributed by atoms with Gasteiger partial charge in [-0.2, -0.15) is 0 Å². The lowest BCUT2D eigenvalue weighted by Gasteiger charge is -2.17. The first-order valence-electron chi connectivity index (χ1n) is 11.2. The zero-order chi connectivity index (χ0) is 25.1. The van der Waals surface area contributed by atoms with Crippen LogP contribution in [0.15, 0.2) is 60.7 Å². The number of amides is 4. The predicted octanol–water partition coefficient (Wildman–Crippen LogP) is 4.40. The number of nitrogens with one attached hydrogen (secondary N) is 2. The molecule has 2 N–H and O–H groups in total. The van der Waals surface area contributed by atoms with Gasteiger partial charge >= 0.3 is 0 Å². The van der Waals surface area contributed by atoms with Crippen LogP contribution in [0.4, 0.5) is 11.4 Å². The van der Waals surface area contributed by atoms with Gasteiger partial charge in [-0.25, -0.2) is 0 Å². The van der Waals surface area contributed by atoms with Gasteiger partial charge in [-0.15, -0.1) is 0 Å². The second-order valence-corrected chi connectivity index (χ2v) is 8.17. The average molecular weight is 472 g/mol. The van der Waals surface area contributed by atoms with Crippen LogP contribution < -0.4 is 15.4 Å². The van der Waals surface area contributed by atoms with Gasteiger partial charge in [-0.05, 0) is 61.4 Å². The second kappa shape index (κ2) is 9.80. The van der Waals surface area contributed by atoms with Crippen LogP contribution in [0.1, 0.15) is 56.0 Å². The van der Waals surface area contributed by atoms with Crippen LogP contribution in [0.25, 0.3) is 0 Å². The molecule has 4 amide bonds. The molecule has 0 radical (unpaired) electrons. The van der Waals surface area contributed by atoms with Crippen LogP contribution in [0.2, 0.25) is 0 Å². The van der Waals surface area contributed by atoms with Gasteiger partial charge in [0.2, 0.25) is 5.91 Å². The smallest absolute Gasteiger partial charge is 0.261 e. The minimum atomic E-state index is -0.421. The standard InChI is InChI=1S/C27H25N3O5/c1-4-35-24-12-10-18(15-30-26(33)20-7-5-6-8-21(20)27(30)34)13-22(24)25(32)29-19-11-9-16(2)23(14-19)28-17(3)31/h5-14H,4,15H2,1-3H3,(H,28,31)(H,29,32). The van der Waals surface area contributed by atoms with E-state index < -0.39 is 5.91 Å². The van der Waals surface area contributed by atoms with E-state index in [0.717, 1.165) is 5.56 Å². The molecule has 1 heterocycles. The van der Waals surface area contributed by atoms with Crippen LogP contribution in [0.5, 0.6) is 5.75 Å². The van der Waals surface area contributed by atoms with Crippen molar-refractivity contribution >= 4 is 35.0 Å². The van der Waals surface area contributed by atoms with E-state index in [0.29, 0.717) is 40.4 Å². The molecule has 3 aromatic rings. The molecule has 0 spiro atoms. The molecule has 4 rings (SSSR count). The highest BCUT2D eigenvalue weighted by Crippen LogP contribution is 2.28. The predicted molar refractivity (Wildman–Crippen MR) is 132 cm³/mol. The van der Waals surface area contributed by atoms with Crippen LogP contribution in [-0.2, 0) is 11.3 Å². The van der Waals surface area contributed by atoms with E-state index in [1.54, 1.807) is 60.7 Å². The SMILES string of the molecule is CCOc1ccc(CN2C(=O)c3ccccc3C2=O)cc1C(=O)Nc1ccc(C)c(NC(C)=O)c1. The fourth-order valence-electron chi connectivity index (χ4n) is 3.92. The van der Waals surface area contributed by atoms with Gasteiger partial charge in [0.15, 0.2) is 0 Å². The van der Waals surface area contributed by atoms with Gasteiger partial charge in [0, 0.05) is 18.3 Å². The van der Waals surface area contributed by atoms with Crippen LogP contribution >= 0.6 is 0 Å². The number of fused-ring (bicyclic) bond motifs is 1. The highest BCUT2D eigenvalue weighted by molar-refractivity contribution is 6.21. The highest BCUT2D eigenvalue weighted by atomic mass is 16.5. The number of carbonyl (C=O) groups excluding carboxylic acids is 4. The Kier molecular flexibility index (Phi) is 6.64. The molecule has 0 aliphatic carbocycles. The van der Waals surface area contributed by atoms with Crippen molar-refractivity contribution in [3.05, 3.63) is 88.5 Å². The largest absolute Gasteiger partial charge is 0.493 e. The molecule has 0 fully saturated rings. The molecule has 1 aliphatic heterocycles. The van der Waals surface area contributed by atoms with E-state index in [1.807, 2.05) is 13.8 Å². The molecule has 1 aliphatic rings. The molecule has 0 saturated heterocycles. The molecule has 0 unspecified atom stereocenters. The molecule has 8 heteroatoms. The summed E-state index contributed by atoms with van der Waals surface area (Å²) in [5.74, 6) is -0.983. The zero-order valence-corrected chi connectivity index (χ0v) is 19.7. The lowest BCUT2D eigenvalue weighted by atomic mass is 10.1. The third-order valence-corrected chi connectivity index (χ3v) is 5.61. The molecule has 0 aromatic heterocycles. The third kappa shape index (κ3) is 4.91. The van der Waals surface area contributed by atoms with Crippen LogP contribution in [0.3, 0.4) is 0 Å². The van der Waals surface area contributed by atoms with Crippen molar-refractivity contribution in [3.63, 3.8) is 0 Å². The summed E-state index contributed by atoms with van der Waals surface area (Å²) in [6, 6.07) is 16.9. The summed E-state index contributed by atoms with van der Waals surface area (Å²) >= 11 is 0.